The van der Waals surface area contributed by atoms with Gasteiger partial charge in [0.05, 0.1) is 7.11 Å². The Balaban J connectivity index is 2.75. The van der Waals surface area contributed by atoms with Gasteiger partial charge in [-0.1, -0.05) is 20.8 Å². The quantitative estimate of drug-likeness (QED) is 0.856. The molecule has 0 bridgehead atoms. The van der Waals surface area contributed by atoms with Gasteiger partial charge < -0.3 is 15.8 Å². The number of rotatable bonds is 4. The number of hydrogen-bond acceptors (Lipinski definition) is 3. The topological polar surface area (TPSA) is 64.3 Å². The largest absolute Gasteiger partial charge is 0.497 e. The summed E-state index contributed by atoms with van der Waals surface area (Å²) in [6.45, 7) is 6.59. The van der Waals surface area contributed by atoms with Crippen molar-refractivity contribution in [3.63, 3.8) is 0 Å². The standard InChI is InChI=1S/C14H22N2O2/c1-14(2,3)12(9-15)16-13(17)10-5-7-11(18-4)8-6-10/h5-8,12H,9,15H2,1-4H3,(H,16,17). The van der Waals surface area contributed by atoms with E-state index in [-0.39, 0.29) is 17.4 Å². The molecule has 1 atom stereocenters. The smallest absolute Gasteiger partial charge is 0.251 e. The molecule has 0 aromatic heterocycles. The van der Waals surface area contributed by atoms with Crippen LogP contribution in [0.1, 0.15) is 31.1 Å². The van der Waals surface area contributed by atoms with Crippen molar-refractivity contribution in [2.24, 2.45) is 11.1 Å². The molecular formula is C14H22N2O2. The van der Waals surface area contributed by atoms with E-state index in [0.717, 1.165) is 5.75 Å². The van der Waals surface area contributed by atoms with Crippen LogP contribution in [-0.4, -0.2) is 25.6 Å². The maximum absolute atomic E-state index is 12.1. The van der Waals surface area contributed by atoms with Gasteiger partial charge in [-0.05, 0) is 29.7 Å². The van der Waals surface area contributed by atoms with Crippen LogP contribution in [0.25, 0.3) is 0 Å². The van der Waals surface area contributed by atoms with Gasteiger partial charge >= 0.3 is 0 Å². The first-order valence-corrected chi connectivity index (χ1v) is 6.03. The van der Waals surface area contributed by atoms with Gasteiger partial charge in [-0.3, -0.25) is 4.79 Å². The Hall–Kier alpha value is -1.55. The fourth-order valence-electron chi connectivity index (χ4n) is 1.61. The Labute approximate surface area is 109 Å². The van der Waals surface area contributed by atoms with E-state index in [1.807, 2.05) is 0 Å². The molecule has 3 N–H and O–H groups in total. The number of methoxy groups -OCH3 is 1. The van der Waals surface area contributed by atoms with Crippen molar-refractivity contribution in [2.45, 2.75) is 26.8 Å². The van der Waals surface area contributed by atoms with Crippen molar-refractivity contribution < 1.29 is 9.53 Å². The third-order valence-corrected chi connectivity index (χ3v) is 2.94. The van der Waals surface area contributed by atoms with E-state index in [2.05, 4.69) is 26.1 Å². The number of nitrogens with two attached hydrogens (primary N) is 1. The van der Waals surface area contributed by atoms with E-state index >= 15 is 0 Å². The van der Waals surface area contributed by atoms with Gasteiger partial charge in [0.2, 0.25) is 0 Å². The van der Waals surface area contributed by atoms with Crippen LogP contribution >= 0.6 is 0 Å². The number of carbonyl (C=O) groups is 1. The second-order valence-corrected chi connectivity index (χ2v) is 5.36. The molecule has 1 unspecified atom stereocenters. The third kappa shape index (κ3) is 3.74. The normalized spacial score (nSPS) is 12.9. The lowest BCUT2D eigenvalue weighted by Crippen LogP contribution is -2.48. The molecule has 4 heteroatoms. The number of carbonyl (C=O) groups excluding carboxylic acids is 1. The third-order valence-electron chi connectivity index (χ3n) is 2.94. The number of amides is 1. The fraction of sp³-hybridized carbons (Fsp3) is 0.500. The summed E-state index contributed by atoms with van der Waals surface area (Å²) in [4.78, 5) is 12.1. The average Bonchev–Trinajstić information content (AvgIpc) is 2.34. The molecular weight excluding hydrogens is 228 g/mol. The lowest BCUT2D eigenvalue weighted by atomic mass is 9.86. The van der Waals surface area contributed by atoms with Crippen LogP contribution < -0.4 is 15.8 Å². The minimum absolute atomic E-state index is 0.0490. The summed E-state index contributed by atoms with van der Waals surface area (Å²) in [6.07, 6.45) is 0. The van der Waals surface area contributed by atoms with E-state index in [0.29, 0.717) is 12.1 Å². The van der Waals surface area contributed by atoms with Crippen molar-refractivity contribution in [3.8, 4) is 5.75 Å². The SMILES string of the molecule is COc1ccc(C(=O)NC(CN)C(C)(C)C)cc1. The molecule has 4 nitrogen and oxygen atoms in total. The molecule has 0 radical (unpaired) electrons. The molecule has 0 saturated carbocycles. The van der Waals surface area contributed by atoms with E-state index < -0.39 is 0 Å². The van der Waals surface area contributed by atoms with Crippen LogP contribution in [0.5, 0.6) is 5.75 Å². The molecule has 0 aliphatic rings. The molecule has 18 heavy (non-hydrogen) atoms. The highest BCUT2D eigenvalue weighted by Gasteiger charge is 2.25. The number of nitrogens with one attached hydrogen (secondary N) is 1. The number of ether oxygens (including phenoxy) is 1. The first-order valence-electron chi connectivity index (χ1n) is 6.03. The Morgan fingerprint density at radius 1 is 1.33 bits per heavy atom. The molecule has 0 saturated heterocycles. The van der Waals surface area contributed by atoms with E-state index in [1.54, 1.807) is 31.4 Å². The highest BCUT2D eigenvalue weighted by Crippen LogP contribution is 2.19. The van der Waals surface area contributed by atoms with Crippen LogP contribution in [0.4, 0.5) is 0 Å². The van der Waals surface area contributed by atoms with Gasteiger partial charge in [0.15, 0.2) is 0 Å². The molecule has 100 valence electrons. The zero-order valence-corrected chi connectivity index (χ0v) is 11.5. The lowest BCUT2D eigenvalue weighted by molar-refractivity contribution is 0.0905. The van der Waals surface area contributed by atoms with Gasteiger partial charge in [0.1, 0.15) is 5.75 Å². The average molecular weight is 250 g/mol. The molecule has 0 fully saturated rings. The fourth-order valence-corrected chi connectivity index (χ4v) is 1.61. The van der Waals surface area contributed by atoms with Gasteiger partial charge in [-0.2, -0.15) is 0 Å². The summed E-state index contributed by atoms with van der Waals surface area (Å²) in [5.74, 6) is 0.626. The maximum Gasteiger partial charge on any atom is 0.251 e. The lowest BCUT2D eigenvalue weighted by Gasteiger charge is -2.30. The summed E-state index contributed by atoms with van der Waals surface area (Å²) in [7, 11) is 1.60. The molecule has 0 aliphatic carbocycles. The number of benzene rings is 1. The summed E-state index contributed by atoms with van der Waals surface area (Å²) < 4.78 is 5.05. The van der Waals surface area contributed by atoms with E-state index in [9.17, 15) is 4.79 Å². The summed E-state index contributed by atoms with van der Waals surface area (Å²) in [5.41, 5.74) is 6.25. The first-order chi connectivity index (χ1) is 8.38. The van der Waals surface area contributed by atoms with Crippen LogP contribution in [-0.2, 0) is 0 Å². The Kier molecular flexibility index (Phi) is 4.73. The predicted octanol–water partition coefficient (Wildman–Crippen LogP) is 1.80. The molecule has 1 aromatic rings. The zero-order chi connectivity index (χ0) is 13.8. The molecule has 0 aliphatic heterocycles. The van der Waals surface area contributed by atoms with Crippen molar-refractivity contribution >= 4 is 5.91 Å². The number of hydrogen-bond donors (Lipinski definition) is 2. The highest BCUT2D eigenvalue weighted by molar-refractivity contribution is 5.94. The maximum atomic E-state index is 12.1. The summed E-state index contributed by atoms with van der Waals surface area (Å²) in [6, 6.07) is 6.97. The van der Waals surface area contributed by atoms with E-state index in [1.165, 1.54) is 0 Å². The van der Waals surface area contributed by atoms with Crippen LogP contribution in [0, 0.1) is 5.41 Å². The Bertz CT molecular complexity index is 393. The second-order valence-electron chi connectivity index (χ2n) is 5.36. The monoisotopic (exact) mass is 250 g/mol. The van der Waals surface area contributed by atoms with Crippen LogP contribution in [0.15, 0.2) is 24.3 Å². The van der Waals surface area contributed by atoms with Crippen molar-refractivity contribution in [2.75, 3.05) is 13.7 Å². The Morgan fingerprint density at radius 3 is 2.28 bits per heavy atom. The molecule has 0 spiro atoms. The Morgan fingerprint density at radius 2 is 1.89 bits per heavy atom. The minimum atomic E-state index is -0.108. The van der Waals surface area contributed by atoms with Crippen molar-refractivity contribution in [1.82, 2.24) is 5.32 Å². The molecule has 1 aromatic carbocycles. The van der Waals surface area contributed by atoms with E-state index in [4.69, 9.17) is 10.5 Å². The van der Waals surface area contributed by atoms with Gasteiger partial charge in [-0.25, -0.2) is 0 Å². The van der Waals surface area contributed by atoms with Gasteiger partial charge in [0, 0.05) is 18.2 Å². The van der Waals surface area contributed by atoms with Crippen LogP contribution in [0.3, 0.4) is 0 Å². The minimum Gasteiger partial charge on any atom is -0.497 e. The second kappa shape index (κ2) is 5.87. The first kappa shape index (κ1) is 14.5. The van der Waals surface area contributed by atoms with Gasteiger partial charge in [0.25, 0.3) is 5.91 Å². The summed E-state index contributed by atoms with van der Waals surface area (Å²) >= 11 is 0. The molecule has 1 amide bonds. The highest BCUT2D eigenvalue weighted by atomic mass is 16.5. The van der Waals surface area contributed by atoms with Crippen molar-refractivity contribution in [3.05, 3.63) is 29.8 Å². The van der Waals surface area contributed by atoms with Gasteiger partial charge in [-0.15, -0.1) is 0 Å². The zero-order valence-electron chi connectivity index (χ0n) is 11.5. The van der Waals surface area contributed by atoms with Crippen LogP contribution in [0.2, 0.25) is 0 Å². The molecule has 0 heterocycles. The van der Waals surface area contributed by atoms with Crippen molar-refractivity contribution in [1.29, 1.82) is 0 Å². The molecule has 1 rings (SSSR count). The summed E-state index contributed by atoms with van der Waals surface area (Å²) in [5, 5.41) is 2.96. The predicted molar refractivity (Wildman–Crippen MR) is 72.8 cm³/mol.